The average Bonchev–Trinajstić information content (AvgIpc) is 3.35. The van der Waals surface area contributed by atoms with Crippen molar-refractivity contribution in [2.24, 2.45) is 0 Å². The van der Waals surface area contributed by atoms with Crippen LogP contribution in [0.15, 0.2) is 42.6 Å². The molecule has 1 saturated heterocycles. The van der Waals surface area contributed by atoms with Gasteiger partial charge in [-0.2, -0.15) is 0 Å². The van der Waals surface area contributed by atoms with Crippen molar-refractivity contribution in [3.8, 4) is 22.3 Å². The Kier molecular flexibility index (Phi) is 6.36. The number of nitrogens with zero attached hydrogens (tertiary/aromatic N) is 3. The minimum atomic E-state index is -3.39. The first-order valence-corrected chi connectivity index (χ1v) is 13.7. The van der Waals surface area contributed by atoms with E-state index in [2.05, 4.69) is 10.3 Å². The third kappa shape index (κ3) is 4.64. The standard InChI is InChI=1S/C26H27F2N5O3S/c1-32(37(2,35)36)18-8-10-33(14-18)22-6-5-19(23(27)24(22)28)17-12-21(25(29)31-13-17)15-3-4-20-16(11-15)7-9-30-26(20)34/h3-6,11-13,18H,7-10,14H2,1-2H3,(H2,29,31)(H,30,34). The Bertz CT molecular complexity index is 1510. The highest BCUT2D eigenvalue weighted by atomic mass is 32.2. The number of fused-ring (bicyclic) bond motifs is 1. The van der Waals surface area contributed by atoms with Crippen molar-refractivity contribution in [2.75, 3.05) is 43.6 Å². The van der Waals surface area contributed by atoms with E-state index >= 15 is 8.78 Å². The van der Waals surface area contributed by atoms with E-state index in [1.54, 1.807) is 23.1 Å². The molecule has 2 aromatic carbocycles. The van der Waals surface area contributed by atoms with Crippen molar-refractivity contribution in [2.45, 2.75) is 18.9 Å². The van der Waals surface area contributed by atoms with Gasteiger partial charge in [-0.15, -0.1) is 0 Å². The third-order valence-electron chi connectivity index (χ3n) is 7.17. The summed E-state index contributed by atoms with van der Waals surface area (Å²) in [7, 11) is -1.90. The van der Waals surface area contributed by atoms with Crippen molar-refractivity contribution in [1.29, 1.82) is 0 Å². The fourth-order valence-electron chi connectivity index (χ4n) is 4.98. The maximum atomic E-state index is 15.3. The van der Waals surface area contributed by atoms with E-state index in [1.807, 2.05) is 6.07 Å². The minimum absolute atomic E-state index is 0.0383. The zero-order valence-electron chi connectivity index (χ0n) is 20.5. The molecule has 3 aromatic rings. The summed E-state index contributed by atoms with van der Waals surface area (Å²) in [5.41, 5.74) is 9.40. The summed E-state index contributed by atoms with van der Waals surface area (Å²) >= 11 is 0. The fourth-order valence-corrected chi connectivity index (χ4v) is 5.70. The predicted molar refractivity (Wildman–Crippen MR) is 139 cm³/mol. The zero-order valence-corrected chi connectivity index (χ0v) is 21.3. The molecular weight excluding hydrogens is 500 g/mol. The van der Waals surface area contributed by atoms with Gasteiger partial charge in [0.25, 0.3) is 5.91 Å². The number of halogens is 2. The first-order valence-electron chi connectivity index (χ1n) is 11.9. The number of rotatable bonds is 5. The van der Waals surface area contributed by atoms with Gasteiger partial charge in [-0.1, -0.05) is 12.1 Å². The second-order valence-electron chi connectivity index (χ2n) is 9.46. The minimum Gasteiger partial charge on any atom is -0.383 e. The number of carbonyl (C=O) groups is 1. The lowest BCUT2D eigenvalue weighted by Gasteiger charge is -2.24. The summed E-state index contributed by atoms with van der Waals surface area (Å²) in [6.07, 6.45) is 3.72. The number of anilines is 2. The van der Waals surface area contributed by atoms with Crippen LogP contribution >= 0.6 is 0 Å². The first-order chi connectivity index (χ1) is 17.5. The molecule has 1 unspecified atom stereocenters. The van der Waals surface area contributed by atoms with Crippen molar-refractivity contribution < 1.29 is 22.0 Å². The van der Waals surface area contributed by atoms with Crippen LogP contribution in [0.5, 0.6) is 0 Å². The molecule has 8 nitrogen and oxygen atoms in total. The number of nitrogen functional groups attached to an aromatic ring is 1. The van der Waals surface area contributed by atoms with Crippen LogP contribution in [0.4, 0.5) is 20.3 Å². The van der Waals surface area contributed by atoms with Crippen molar-refractivity contribution in [3.05, 3.63) is 65.4 Å². The number of amides is 1. The second-order valence-corrected chi connectivity index (χ2v) is 11.5. The van der Waals surface area contributed by atoms with Gasteiger partial charge in [0.15, 0.2) is 11.6 Å². The lowest BCUT2D eigenvalue weighted by Crippen LogP contribution is -2.38. The van der Waals surface area contributed by atoms with E-state index in [1.165, 1.54) is 29.7 Å². The Morgan fingerprint density at radius 2 is 1.84 bits per heavy atom. The number of nitrogens with one attached hydrogen (secondary N) is 1. The number of carbonyl (C=O) groups excluding carboxylic acids is 1. The number of hydrogen-bond donors (Lipinski definition) is 2. The molecule has 0 bridgehead atoms. The number of likely N-dealkylation sites (N-methyl/N-ethyl adjacent to an activating group) is 1. The number of benzene rings is 2. The van der Waals surface area contributed by atoms with Crippen LogP contribution < -0.4 is 16.0 Å². The van der Waals surface area contributed by atoms with Crippen LogP contribution in [0.1, 0.15) is 22.3 Å². The highest BCUT2D eigenvalue weighted by molar-refractivity contribution is 7.88. The van der Waals surface area contributed by atoms with E-state index in [-0.39, 0.29) is 35.6 Å². The van der Waals surface area contributed by atoms with Crippen LogP contribution in [-0.2, 0) is 16.4 Å². The number of nitrogens with two attached hydrogens (primary N) is 1. The Hall–Kier alpha value is -3.57. The molecule has 5 rings (SSSR count). The second kappa shape index (κ2) is 9.38. The molecule has 2 aliphatic heterocycles. The Morgan fingerprint density at radius 1 is 1.08 bits per heavy atom. The highest BCUT2D eigenvalue weighted by Crippen LogP contribution is 2.36. The van der Waals surface area contributed by atoms with E-state index < -0.39 is 21.7 Å². The van der Waals surface area contributed by atoms with Crippen molar-refractivity contribution in [1.82, 2.24) is 14.6 Å². The summed E-state index contributed by atoms with van der Waals surface area (Å²) in [4.78, 5) is 17.9. The first kappa shape index (κ1) is 25.1. The number of hydrogen-bond acceptors (Lipinski definition) is 6. The molecule has 37 heavy (non-hydrogen) atoms. The number of pyridine rings is 1. The van der Waals surface area contributed by atoms with E-state index in [0.29, 0.717) is 42.6 Å². The van der Waals surface area contributed by atoms with Gasteiger partial charge in [-0.05, 0) is 48.2 Å². The Balaban J connectivity index is 1.45. The van der Waals surface area contributed by atoms with Gasteiger partial charge >= 0.3 is 0 Å². The smallest absolute Gasteiger partial charge is 0.251 e. The van der Waals surface area contributed by atoms with Crippen LogP contribution in [0, 0.1) is 11.6 Å². The van der Waals surface area contributed by atoms with Gasteiger partial charge in [0.2, 0.25) is 10.0 Å². The quantitative estimate of drug-likeness (QED) is 0.528. The molecule has 2 aliphatic rings. The highest BCUT2D eigenvalue weighted by Gasteiger charge is 2.32. The van der Waals surface area contributed by atoms with E-state index in [9.17, 15) is 13.2 Å². The van der Waals surface area contributed by atoms with Gasteiger partial charge in [0.05, 0.1) is 11.9 Å². The molecule has 194 valence electrons. The summed E-state index contributed by atoms with van der Waals surface area (Å²) < 4.78 is 55.6. The number of sulfonamides is 1. The van der Waals surface area contributed by atoms with Crippen LogP contribution in [0.2, 0.25) is 0 Å². The van der Waals surface area contributed by atoms with E-state index in [0.717, 1.165) is 17.4 Å². The van der Waals surface area contributed by atoms with Gasteiger partial charge in [-0.25, -0.2) is 26.5 Å². The normalized spacial score (nSPS) is 17.7. The van der Waals surface area contributed by atoms with Gasteiger partial charge in [0.1, 0.15) is 5.82 Å². The predicted octanol–water partition coefficient (Wildman–Crippen LogP) is 3.03. The molecule has 0 saturated carbocycles. The van der Waals surface area contributed by atoms with Crippen molar-refractivity contribution in [3.63, 3.8) is 0 Å². The van der Waals surface area contributed by atoms with Crippen molar-refractivity contribution >= 4 is 27.4 Å². The largest absolute Gasteiger partial charge is 0.383 e. The van der Waals surface area contributed by atoms with E-state index in [4.69, 9.17) is 5.73 Å². The Labute approximate surface area is 214 Å². The van der Waals surface area contributed by atoms with Gasteiger partial charge in [-0.3, -0.25) is 4.79 Å². The van der Waals surface area contributed by atoms with Crippen LogP contribution in [-0.4, -0.2) is 62.6 Å². The summed E-state index contributed by atoms with van der Waals surface area (Å²) in [5.74, 6) is -1.91. The SMILES string of the molecule is CN(C1CCN(c2ccc(-c3cnc(N)c(-c4ccc5c(c4)CCNC5=O)c3)c(F)c2F)C1)S(C)(=O)=O. The van der Waals surface area contributed by atoms with Gasteiger partial charge in [0, 0.05) is 61.2 Å². The zero-order chi connectivity index (χ0) is 26.5. The molecule has 1 aromatic heterocycles. The maximum Gasteiger partial charge on any atom is 0.251 e. The molecule has 1 fully saturated rings. The third-order valence-corrected chi connectivity index (χ3v) is 8.52. The summed E-state index contributed by atoms with van der Waals surface area (Å²) in [5, 5.41) is 2.80. The molecular formula is C26H27F2N5O3S. The molecule has 1 amide bonds. The van der Waals surface area contributed by atoms with Crippen LogP contribution in [0.25, 0.3) is 22.3 Å². The molecule has 0 spiro atoms. The molecule has 11 heteroatoms. The summed E-state index contributed by atoms with van der Waals surface area (Å²) in [6, 6.07) is 9.71. The molecule has 3 N–H and O–H groups in total. The summed E-state index contributed by atoms with van der Waals surface area (Å²) in [6.45, 7) is 1.22. The lowest BCUT2D eigenvalue weighted by atomic mass is 9.94. The Morgan fingerprint density at radius 3 is 2.59 bits per heavy atom. The molecule has 0 radical (unpaired) electrons. The maximum absolute atomic E-state index is 15.3. The lowest BCUT2D eigenvalue weighted by molar-refractivity contribution is 0.0946. The van der Waals surface area contributed by atoms with Gasteiger partial charge < -0.3 is 16.0 Å². The number of aromatic nitrogens is 1. The van der Waals surface area contributed by atoms with Crippen LogP contribution in [0.3, 0.4) is 0 Å². The monoisotopic (exact) mass is 527 g/mol. The topological polar surface area (TPSA) is 109 Å². The molecule has 3 heterocycles. The molecule has 0 aliphatic carbocycles. The fraction of sp³-hybridized carbons (Fsp3) is 0.308. The molecule has 1 atom stereocenters. The average molecular weight is 528 g/mol.